The molecule has 3 N–H and O–H groups in total. The Morgan fingerprint density at radius 1 is 1.11 bits per heavy atom. The van der Waals surface area contributed by atoms with Gasteiger partial charge in [-0.15, -0.1) is 11.3 Å². The smallest absolute Gasteiger partial charge is 0.319 e. The summed E-state index contributed by atoms with van der Waals surface area (Å²) < 4.78 is 34.1. The number of hydrogen-bond donors (Lipinski definition) is 3. The molecule has 2 aromatic carbocycles. The predicted octanol–water partition coefficient (Wildman–Crippen LogP) is 2.52. The van der Waals surface area contributed by atoms with Gasteiger partial charge >= 0.3 is 6.03 Å². The van der Waals surface area contributed by atoms with Crippen LogP contribution in [0, 0.1) is 0 Å². The van der Waals surface area contributed by atoms with Crippen molar-refractivity contribution in [3.8, 4) is 5.75 Å². The number of ether oxygens (including phenoxy) is 1. The largest absolute Gasteiger partial charge is 0.482 e. The molecule has 3 heterocycles. The number of rotatable bonds is 5. The molecule has 5 rings (SSSR count). The third-order valence-electron chi connectivity index (χ3n) is 6.12. The third-order valence-corrected chi connectivity index (χ3v) is 9.10. The molecular weight excluding hydrogens is 518 g/mol. The first-order valence-corrected chi connectivity index (χ1v) is 14.0. The highest BCUT2D eigenvalue weighted by Gasteiger charge is 2.33. The fourth-order valence-corrected chi connectivity index (χ4v) is 6.85. The van der Waals surface area contributed by atoms with E-state index in [0.29, 0.717) is 28.5 Å². The topological polar surface area (TPSA) is 137 Å². The highest BCUT2D eigenvalue weighted by molar-refractivity contribution is 7.89. The fraction of sp³-hybridized carbons (Fsp3) is 0.292. The van der Waals surface area contributed by atoms with E-state index < -0.39 is 16.1 Å². The number of thiophene rings is 1. The third kappa shape index (κ3) is 4.84. The van der Waals surface area contributed by atoms with Crippen LogP contribution in [0.15, 0.2) is 47.4 Å². The Bertz CT molecular complexity index is 1490. The molecule has 194 valence electrons. The van der Waals surface area contributed by atoms with Crippen LogP contribution >= 0.6 is 11.3 Å². The van der Waals surface area contributed by atoms with Crippen molar-refractivity contribution in [3.63, 3.8) is 0 Å². The first-order chi connectivity index (χ1) is 17.8. The second kappa shape index (κ2) is 10.00. The summed E-state index contributed by atoms with van der Waals surface area (Å²) in [5.41, 5.74) is 0.705. The number of carbonyl (C=O) groups excluding carboxylic acids is 3. The van der Waals surface area contributed by atoms with Gasteiger partial charge in [-0.25, -0.2) is 13.2 Å². The normalized spacial score (nSPS) is 16.0. The van der Waals surface area contributed by atoms with Gasteiger partial charge in [0.1, 0.15) is 10.8 Å². The number of nitrogens with one attached hydrogen (secondary N) is 3. The molecule has 0 aliphatic carbocycles. The lowest BCUT2D eigenvalue weighted by atomic mass is 10.1. The molecule has 1 fully saturated rings. The molecule has 0 atom stereocenters. The Labute approximate surface area is 217 Å². The predicted molar refractivity (Wildman–Crippen MR) is 140 cm³/mol. The summed E-state index contributed by atoms with van der Waals surface area (Å²) in [6.07, 6.45) is 0. The number of anilines is 2. The average molecular weight is 544 g/mol. The van der Waals surface area contributed by atoms with Crippen LogP contribution < -0.4 is 20.7 Å². The number of sulfonamides is 1. The molecule has 1 saturated heterocycles. The van der Waals surface area contributed by atoms with Gasteiger partial charge in [0.2, 0.25) is 10.0 Å². The van der Waals surface area contributed by atoms with Crippen LogP contribution in [0.2, 0.25) is 0 Å². The number of piperazine rings is 1. The molecule has 4 amide bonds. The van der Waals surface area contributed by atoms with Gasteiger partial charge in [-0.2, -0.15) is 4.31 Å². The quantitative estimate of drug-likeness (QED) is 0.452. The minimum absolute atomic E-state index is 0.0362. The number of carbonyl (C=O) groups is 3. The monoisotopic (exact) mass is 543 g/mol. The van der Waals surface area contributed by atoms with E-state index in [1.807, 2.05) is 24.3 Å². The molecule has 11 nitrogen and oxygen atoms in total. The van der Waals surface area contributed by atoms with Gasteiger partial charge in [-0.1, -0.05) is 18.2 Å². The summed E-state index contributed by atoms with van der Waals surface area (Å²) in [5.74, 6) is -0.208. The van der Waals surface area contributed by atoms with E-state index in [-0.39, 0.29) is 49.5 Å². The number of urea groups is 1. The van der Waals surface area contributed by atoms with Crippen molar-refractivity contribution in [2.45, 2.75) is 11.8 Å². The Morgan fingerprint density at radius 2 is 1.86 bits per heavy atom. The van der Waals surface area contributed by atoms with Crippen LogP contribution in [0.3, 0.4) is 0 Å². The Morgan fingerprint density at radius 3 is 2.62 bits per heavy atom. The second-order valence-corrected chi connectivity index (χ2v) is 11.5. The Kier molecular flexibility index (Phi) is 6.75. The van der Waals surface area contributed by atoms with Gasteiger partial charge in [-0.3, -0.25) is 14.9 Å². The van der Waals surface area contributed by atoms with Crippen molar-refractivity contribution in [1.29, 1.82) is 0 Å². The number of nitrogens with zero attached hydrogens (tertiary/aromatic N) is 2. The highest BCUT2D eigenvalue weighted by Crippen LogP contribution is 2.37. The van der Waals surface area contributed by atoms with Crippen LogP contribution in [0.5, 0.6) is 5.75 Å². The van der Waals surface area contributed by atoms with Crippen LogP contribution in [0.25, 0.3) is 10.1 Å². The maximum atomic E-state index is 13.6. The van der Waals surface area contributed by atoms with E-state index in [1.54, 1.807) is 11.8 Å². The lowest BCUT2D eigenvalue weighted by Gasteiger charge is -2.34. The lowest BCUT2D eigenvalue weighted by molar-refractivity contribution is -0.118. The molecule has 0 radical (unpaired) electrons. The van der Waals surface area contributed by atoms with E-state index in [1.165, 1.54) is 33.8 Å². The van der Waals surface area contributed by atoms with E-state index in [0.717, 1.165) is 10.1 Å². The first kappa shape index (κ1) is 25.0. The molecule has 0 spiro atoms. The second-order valence-electron chi connectivity index (χ2n) is 8.48. The summed E-state index contributed by atoms with van der Waals surface area (Å²) in [4.78, 5) is 39.0. The first-order valence-electron chi connectivity index (χ1n) is 11.7. The maximum absolute atomic E-state index is 13.6. The van der Waals surface area contributed by atoms with Crippen molar-refractivity contribution >= 4 is 60.0 Å². The van der Waals surface area contributed by atoms with E-state index in [2.05, 4.69) is 16.0 Å². The van der Waals surface area contributed by atoms with Crippen molar-refractivity contribution in [2.75, 3.05) is 50.0 Å². The summed E-state index contributed by atoms with van der Waals surface area (Å²) in [6, 6.07) is 11.4. The summed E-state index contributed by atoms with van der Waals surface area (Å²) in [5, 5.41) is 9.25. The SMILES string of the molecule is CCNC(=O)Nc1sc2ccccc2c1C(=O)N1CCN(S(=O)(=O)c2ccc3c(c2)NC(=O)CO3)CC1. The summed E-state index contributed by atoms with van der Waals surface area (Å²) >= 11 is 1.32. The molecule has 2 aliphatic heterocycles. The number of amides is 4. The fourth-order valence-electron chi connectivity index (χ4n) is 4.32. The molecular formula is C24H25N5O6S2. The zero-order valence-electron chi connectivity index (χ0n) is 19.9. The van der Waals surface area contributed by atoms with E-state index >= 15 is 0 Å². The minimum Gasteiger partial charge on any atom is -0.482 e. The van der Waals surface area contributed by atoms with Crippen molar-refractivity contribution in [3.05, 3.63) is 48.0 Å². The van der Waals surface area contributed by atoms with Gasteiger partial charge in [0, 0.05) is 42.8 Å². The van der Waals surface area contributed by atoms with Gasteiger partial charge in [0.15, 0.2) is 6.61 Å². The van der Waals surface area contributed by atoms with E-state index in [9.17, 15) is 22.8 Å². The molecule has 0 saturated carbocycles. The van der Waals surface area contributed by atoms with Crippen LogP contribution in [-0.4, -0.2) is 74.8 Å². The van der Waals surface area contributed by atoms with Crippen molar-refractivity contribution in [1.82, 2.24) is 14.5 Å². The van der Waals surface area contributed by atoms with Crippen LogP contribution in [-0.2, 0) is 14.8 Å². The molecule has 37 heavy (non-hydrogen) atoms. The molecule has 0 unspecified atom stereocenters. The van der Waals surface area contributed by atoms with Crippen LogP contribution in [0.1, 0.15) is 17.3 Å². The summed E-state index contributed by atoms with van der Waals surface area (Å²) in [7, 11) is -3.86. The minimum atomic E-state index is -3.86. The lowest BCUT2D eigenvalue weighted by Crippen LogP contribution is -2.50. The number of benzene rings is 2. The Balaban J connectivity index is 1.34. The maximum Gasteiger partial charge on any atom is 0.319 e. The number of fused-ring (bicyclic) bond motifs is 2. The highest BCUT2D eigenvalue weighted by atomic mass is 32.2. The molecule has 1 aromatic heterocycles. The molecule has 13 heteroatoms. The Hall–Kier alpha value is -3.68. The van der Waals surface area contributed by atoms with Crippen LogP contribution in [0.4, 0.5) is 15.5 Å². The summed E-state index contributed by atoms with van der Waals surface area (Å²) in [6.45, 7) is 2.72. The van der Waals surface area contributed by atoms with Gasteiger partial charge < -0.3 is 20.3 Å². The zero-order valence-corrected chi connectivity index (χ0v) is 21.6. The van der Waals surface area contributed by atoms with Crippen molar-refractivity contribution < 1.29 is 27.5 Å². The van der Waals surface area contributed by atoms with Gasteiger partial charge in [0.05, 0.1) is 16.1 Å². The van der Waals surface area contributed by atoms with Gasteiger partial charge in [-0.05, 0) is 31.2 Å². The van der Waals surface area contributed by atoms with E-state index in [4.69, 9.17) is 4.74 Å². The molecule has 2 aliphatic rings. The molecule has 0 bridgehead atoms. The standard InChI is InChI=1S/C24H25N5O6S2/c1-2-25-24(32)27-22-21(16-5-3-4-6-19(16)36-22)23(31)28-9-11-29(12-10-28)37(33,34)15-7-8-18-17(13-15)26-20(30)14-35-18/h3-8,13H,2,9-12,14H2,1H3,(H,26,30)(H2,25,27,32). The number of hydrogen-bond acceptors (Lipinski definition) is 7. The van der Waals surface area contributed by atoms with Crippen molar-refractivity contribution in [2.24, 2.45) is 0 Å². The van der Waals surface area contributed by atoms with Gasteiger partial charge in [0.25, 0.3) is 11.8 Å². The molecule has 3 aromatic rings. The zero-order chi connectivity index (χ0) is 26.2. The average Bonchev–Trinajstić information content (AvgIpc) is 3.25.